The van der Waals surface area contributed by atoms with Crippen molar-refractivity contribution < 1.29 is 9.90 Å². The van der Waals surface area contributed by atoms with Crippen LogP contribution in [0.1, 0.15) is 38.6 Å². The van der Waals surface area contributed by atoms with Crippen molar-refractivity contribution in [1.29, 1.82) is 0 Å². The molecule has 0 saturated carbocycles. The zero-order chi connectivity index (χ0) is 23.2. The summed E-state index contributed by atoms with van der Waals surface area (Å²) in [4.78, 5) is 38.7. The van der Waals surface area contributed by atoms with Gasteiger partial charge in [0.1, 0.15) is 6.33 Å². The fraction of sp³-hybridized carbons (Fsp3) is 0.261. The molecule has 0 aliphatic rings. The summed E-state index contributed by atoms with van der Waals surface area (Å²) >= 11 is 0. The van der Waals surface area contributed by atoms with Crippen LogP contribution >= 0.6 is 0 Å². The molecule has 1 amide bonds. The second-order valence-electron chi connectivity index (χ2n) is 7.92. The quantitative estimate of drug-likeness (QED) is 0.512. The summed E-state index contributed by atoms with van der Waals surface area (Å²) in [6.07, 6.45) is 1.59. The van der Waals surface area contributed by atoms with Crippen molar-refractivity contribution in [3.63, 3.8) is 0 Å². The highest BCUT2D eigenvalue weighted by molar-refractivity contribution is 5.95. The van der Waals surface area contributed by atoms with Gasteiger partial charge in [-0.1, -0.05) is 18.2 Å². The standard InChI is InChI=1S/C23H24N6O3/c1-12-6-7-16(8-13(12)2)10-24-22(31)17-19(30)23(32)28(5)20(27-17)18-21-26-14(3)9-15(4)29(21)11-25-18/h6-9,11,30H,10H2,1-5H3,(H,24,31). The van der Waals surface area contributed by atoms with Crippen molar-refractivity contribution in [2.75, 3.05) is 0 Å². The van der Waals surface area contributed by atoms with Gasteiger partial charge < -0.3 is 10.4 Å². The second kappa shape index (κ2) is 7.92. The molecule has 0 atom stereocenters. The largest absolute Gasteiger partial charge is 0.501 e. The minimum absolute atomic E-state index is 0.143. The average molecular weight is 432 g/mol. The van der Waals surface area contributed by atoms with Gasteiger partial charge in [-0.15, -0.1) is 0 Å². The minimum atomic E-state index is -0.739. The zero-order valence-corrected chi connectivity index (χ0v) is 18.6. The molecule has 1 aromatic carbocycles. The molecular weight excluding hydrogens is 408 g/mol. The van der Waals surface area contributed by atoms with Crippen molar-refractivity contribution in [1.82, 2.24) is 29.2 Å². The number of carbonyl (C=O) groups is 1. The topological polar surface area (TPSA) is 114 Å². The van der Waals surface area contributed by atoms with Gasteiger partial charge in [0.15, 0.2) is 22.9 Å². The van der Waals surface area contributed by atoms with E-state index < -0.39 is 17.2 Å². The van der Waals surface area contributed by atoms with E-state index in [9.17, 15) is 14.7 Å². The molecular formula is C23H24N6O3. The molecule has 164 valence electrons. The molecule has 9 nitrogen and oxygen atoms in total. The number of nitrogens with one attached hydrogen (secondary N) is 1. The molecule has 0 spiro atoms. The van der Waals surface area contributed by atoms with Crippen LogP contribution in [0.5, 0.6) is 5.75 Å². The predicted octanol–water partition coefficient (Wildman–Crippen LogP) is 2.36. The number of aryl methyl sites for hydroxylation is 4. The lowest BCUT2D eigenvalue weighted by Gasteiger charge is -2.11. The summed E-state index contributed by atoms with van der Waals surface area (Å²) in [5.74, 6) is -1.22. The molecule has 0 unspecified atom stereocenters. The third-order valence-electron chi connectivity index (χ3n) is 5.54. The Labute approximate surface area is 184 Å². The number of hydrogen-bond donors (Lipinski definition) is 2. The lowest BCUT2D eigenvalue weighted by Crippen LogP contribution is -2.29. The number of imidazole rings is 1. The van der Waals surface area contributed by atoms with Crippen molar-refractivity contribution in [2.24, 2.45) is 7.05 Å². The third-order valence-corrected chi connectivity index (χ3v) is 5.54. The molecule has 0 radical (unpaired) electrons. The van der Waals surface area contributed by atoms with Crippen LogP contribution < -0.4 is 10.9 Å². The molecule has 0 saturated heterocycles. The Morgan fingerprint density at radius 3 is 2.56 bits per heavy atom. The van der Waals surface area contributed by atoms with Gasteiger partial charge >= 0.3 is 0 Å². The van der Waals surface area contributed by atoms with E-state index in [0.29, 0.717) is 11.3 Å². The van der Waals surface area contributed by atoms with E-state index in [2.05, 4.69) is 20.3 Å². The van der Waals surface area contributed by atoms with Gasteiger partial charge in [0.25, 0.3) is 11.5 Å². The van der Waals surface area contributed by atoms with Crippen molar-refractivity contribution in [2.45, 2.75) is 34.2 Å². The number of benzene rings is 1. The van der Waals surface area contributed by atoms with Gasteiger partial charge in [0, 0.05) is 25.0 Å². The Morgan fingerprint density at radius 1 is 1.09 bits per heavy atom. The van der Waals surface area contributed by atoms with E-state index in [-0.39, 0.29) is 18.1 Å². The van der Waals surface area contributed by atoms with E-state index in [4.69, 9.17) is 0 Å². The molecule has 0 aliphatic carbocycles. The Kier molecular flexibility index (Phi) is 5.25. The maximum absolute atomic E-state index is 12.8. The molecule has 0 aliphatic heterocycles. The molecule has 0 bridgehead atoms. The van der Waals surface area contributed by atoms with E-state index in [1.165, 1.54) is 7.05 Å². The summed E-state index contributed by atoms with van der Waals surface area (Å²) in [6, 6.07) is 7.78. The van der Waals surface area contributed by atoms with Gasteiger partial charge in [-0.25, -0.2) is 15.0 Å². The van der Waals surface area contributed by atoms with Crippen LogP contribution in [0.2, 0.25) is 0 Å². The number of nitrogens with zero attached hydrogens (tertiary/aromatic N) is 5. The summed E-state index contributed by atoms with van der Waals surface area (Å²) in [5.41, 5.74) is 4.64. The molecule has 0 fully saturated rings. The molecule has 3 heterocycles. The van der Waals surface area contributed by atoms with Crippen molar-refractivity contribution in [3.05, 3.63) is 74.7 Å². The summed E-state index contributed by atoms with van der Waals surface area (Å²) < 4.78 is 2.94. The molecule has 4 aromatic rings. The van der Waals surface area contributed by atoms with Crippen LogP contribution in [-0.2, 0) is 13.6 Å². The number of aromatic hydroxyl groups is 1. The first-order valence-corrected chi connectivity index (χ1v) is 10.1. The van der Waals surface area contributed by atoms with Crippen LogP contribution in [0.15, 0.2) is 35.4 Å². The van der Waals surface area contributed by atoms with E-state index in [1.54, 1.807) is 10.7 Å². The first-order valence-electron chi connectivity index (χ1n) is 10.1. The molecule has 32 heavy (non-hydrogen) atoms. The van der Waals surface area contributed by atoms with Crippen LogP contribution in [0.4, 0.5) is 0 Å². The number of hydrogen-bond acceptors (Lipinski definition) is 6. The van der Waals surface area contributed by atoms with Crippen molar-refractivity contribution >= 4 is 11.6 Å². The van der Waals surface area contributed by atoms with E-state index in [0.717, 1.165) is 32.6 Å². The van der Waals surface area contributed by atoms with Crippen LogP contribution in [0.3, 0.4) is 0 Å². The number of aromatic nitrogens is 5. The SMILES string of the molecule is Cc1cc(C)n2cnc(-c3nc(C(=O)NCc4ccc(C)c(C)c4)c(O)c(=O)n3C)c2n1. The van der Waals surface area contributed by atoms with Crippen LogP contribution in [-0.4, -0.2) is 34.9 Å². The lowest BCUT2D eigenvalue weighted by atomic mass is 10.1. The maximum Gasteiger partial charge on any atom is 0.296 e. The number of carbonyl (C=O) groups excluding carboxylic acids is 1. The van der Waals surface area contributed by atoms with Gasteiger partial charge in [0.2, 0.25) is 5.75 Å². The Morgan fingerprint density at radius 2 is 1.84 bits per heavy atom. The summed E-state index contributed by atoms with van der Waals surface area (Å²) in [5, 5.41) is 13.1. The van der Waals surface area contributed by atoms with Gasteiger partial charge in [-0.3, -0.25) is 18.6 Å². The zero-order valence-electron chi connectivity index (χ0n) is 18.6. The van der Waals surface area contributed by atoms with Gasteiger partial charge in [-0.2, -0.15) is 0 Å². The maximum atomic E-state index is 12.8. The molecule has 2 N–H and O–H groups in total. The summed E-state index contributed by atoms with van der Waals surface area (Å²) in [7, 11) is 1.47. The number of amides is 1. The van der Waals surface area contributed by atoms with E-state index >= 15 is 0 Å². The molecule has 9 heteroatoms. The lowest BCUT2D eigenvalue weighted by molar-refractivity contribution is 0.0942. The fourth-order valence-corrected chi connectivity index (χ4v) is 3.58. The first-order chi connectivity index (χ1) is 15.2. The normalized spacial score (nSPS) is 11.2. The monoisotopic (exact) mass is 432 g/mol. The fourth-order valence-electron chi connectivity index (χ4n) is 3.58. The number of fused-ring (bicyclic) bond motifs is 1. The highest BCUT2D eigenvalue weighted by Crippen LogP contribution is 2.22. The Bertz CT molecular complexity index is 1430. The Hall–Kier alpha value is -4.01. The number of rotatable bonds is 4. The highest BCUT2D eigenvalue weighted by atomic mass is 16.3. The van der Waals surface area contributed by atoms with Crippen LogP contribution in [0, 0.1) is 27.7 Å². The minimum Gasteiger partial charge on any atom is -0.501 e. The summed E-state index contributed by atoms with van der Waals surface area (Å²) in [6.45, 7) is 8.02. The van der Waals surface area contributed by atoms with E-state index in [1.807, 2.05) is 52.0 Å². The van der Waals surface area contributed by atoms with Gasteiger partial charge in [-0.05, 0) is 50.5 Å². The molecule has 4 rings (SSSR count). The average Bonchev–Trinajstić information content (AvgIpc) is 3.17. The Balaban J connectivity index is 1.74. The molecule has 3 aromatic heterocycles. The first kappa shape index (κ1) is 21.2. The second-order valence-corrected chi connectivity index (χ2v) is 7.92. The van der Waals surface area contributed by atoms with Crippen molar-refractivity contribution in [3.8, 4) is 17.3 Å². The predicted molar refractivity (Wildman–Crippen MR) is 120 cm³/mol. The smallest absolute Gasteiger partial charge is 0.296 e. The van der Waals surface area contributed by atoms with Gasteiger partial charge in [0.05, 0.1) is 0 Å². The third kappa shape index (κ3) is 3.62. The highest BCUT2D eigenvalue weighted by Gasteiger charge is 2.23. The van der Waals surface area contributed by atoms with Crippen LogP contribution in [0.25, 0.3) is 17.2 Å².